The van der Waals surface area contributed by atoms with Crippen molar-refractivity contribution in [3.05, 3.63) is 53.5 Å². The second kappa shape index (κ2) is 7.01. The van der Waals surface area contributed by atoms with Gasteiger partial charge >= 0.3 is 0 Å². The molecule has 0 aliphatic carbocycles. The number of hydrogen-bond donors (Lipinski definition) is 1. The van der Waals surface area contributed by atoms with Crippen molar-refractivity contribution in [2.75, 3.05) is 16.8 Å². The summed E-state index contributed by atoms with van der Waals surface area (Å²) in [7, 11) is 0. The lowest BCUT2D eigenvalue weighted by atomic mass is 10.2. The maximum Gasteiger partial charge on any atom is 0.255 e. The van der Waals surface area contributed by atoms with Gasteiger partial charge in [0.2, 0.25) is 0 Å². The smallest absolute Gasteiger partial charge is 0.255 e. The highest BCUT2D eigenvalue weighted by Gasteiger charge is 2.10. The van der Waals surface area contributed by atoms with E-state index in [2.05, 4.69) is 36.0 Å². The topological polar surface area (TPSA) is 45.2 Å². The van der Waals surface area contributed by atoms with Crippen LogP contribution < -0.4 is 10.2 Å². The van der Waals surface area contributed by atoms with E-state index in [-0.39, 0.29) is 5.91 Å². The third kappa shape index (κ3) is 3.41. The second-order valence-electron chi connectivity index (χ2n) is 5.92. The van der Waals surface area contributed by atoms with Gasteiger partial charge in [-0.1, -0.05) is 0 Å². The molecule has 0 atom stereocenters. The van der Waals surface area contributed by atoms with Crippen molar-refractivity contribution in [3.63, 3.8) is 0 Å². The summed E-state index contributed by atoms with van der Waals surface area (Å²) in [6.45, 7) is 7.45. The highest BCUT2D eigenvalue weighted by Crippen LogP contribution is 2.22. The van der Waals surface area contributed by atoms with Gasteiger partial charge in [0.05, 0.1) is 15.7 Å². The average molecular weight is 339 g/mol. The molecular weight excluding hydrogens is 318 g/mol. The second-order valence-corrected chi connectivity index (χ2v) is 6.80. The van der Waals surface area contributed by atoms with E-state index in [4.69, 9.17) is 0 Å². The van der Waals surface area contributed by atoms with Crippen LogP contribution >= 0.6 is 11.3 Å². The molecule has 0 bridgehead atoms. The van der Waals surface area contributed by atoms with Crippen LogP contribution in [0.3, 0.4) is 0 Å². The Kier molecular flexibility index (Phi) is 4.81. The number of anilines is 2. The van der Waals surface area contributed by atoms with Gasteiger partial charge in [0.1, 0.15) is 0 Å². The van der Waals surface area contributed by atoms with Crippen molar-refractivity contribution in [3.8, 4) is 0 Å². The van der Waals surface area contributed by atoms with Crippen LogP contribution in [0.15, 0.2) is 48.0 Å². The molecule has 0 unspecified atom stereocenters. The zero-order chi connectivity index (χ0) is 17.1. The molecule has 0 radical (unpaired) electrons. The first-order valence-corrected chi connectivity index (χ1v) is 8.97. The van der Waals surface area contributed by atoms with Gasteiger partial charge in [-0.05, 0) is 63.2 Å². The van der Waals surface area contributed by atoms with E-state index in [1.54, 1.807) is 5.51 Å². The Bertz CT molecular complexity index is 839. The SMILES string of the molecule is CCN(c1ccc(NC(=O)c2ccc3ncsc3c2)cc1)C(C)C. The molecule has 124 valence electrons. The fourth-order valence-electron chi connectivity index (χ4n) is 2.78. The van der Waals surface area contributed by atoms with Crippen molar-refractivity contribution in [1.29, 1.82) is 0 Å². The lowest BCUT2D eigenvalue weighted by Crippen LogP contribution is -2.30. The Hall–Kier alpha value is -2.40. The largest absolute Gasteiger partial charge is 0.369 e. The fraction of sp³-hybridized carbons (Fsp3) is 0.263. The van der Waals surface area contributed by atoms with E-state index in [1.807, 2.05) is 42.5 Å². The molecule has 1 N–H and O–H groups in total. The first kappa shape index (κ1) is 16.5. The van der Waals surface area contributed by atoms with Crippen molar-refractivity contribution < 1.29 is 4.79 Å². The summed E-state index contributed by atoms with van der Waals surface area (Å²) >= 11 is 1.54. The van der Waals surface area contributed by atoms with Gasteiger partial charge < -0.3 is 10.2 Å². The van der Waals surface area contributed by atoms with Crippen LogP contribution in [-0.2, 0) is 0 Å². The molecule has 3 rings (SSSR count). The molecule has 0 saturated heterocycles. The molecule has 5 heteroatoms. The van der Waals surface area contributed by atoms with Gasteiger partial charge in [0, 0.05) is 29.5 Å². The van der Waals surface area contributed by atoms with E-state index in [1.165, 1.54) is 11.3 Å². The van der Waals surface area contributed by atoms with Crippen LogP contribution in [0.1, 0.15) is 31.1 Å². The summed E-state index contributed by atoms with van der Waals surface area (Å²) in [4.78, 5) is 19.0. The number of amides is 1. The van der Waals surface area contributed by atoms with E-state index < -0.39 is 0 Å². The van der Waals surface area contributed by atoms with Crippen molar-refractivity contribution in [2.24, 2.45) is 0 Å². The predicted molar refractivity (Wildman–Crippen MR) is 102 cm³/mol. The third-order valence-electron chi connectivity index (χ3n) is 4.01. The number of aromatic nitrogens is 1. The summed E-state index contributed by atoms with van der Waals surface area (Å²) in [5.74, 6) is -0.103. The quantitative estimate of drug-likeness (QED) is 0.727. The Labute approximate surface area is 146 Å². The molecule has 0 spiro atoms. The van der Waals surface area contributed by atoms with E-state index in [0.29, 0.717) is 11.6 Å². The van der Waals surface area contributed by atoms with Gasteiger partial charge in [0.15, 0.2) is 0 Å². The van der Waals surface area contributed by atoms with E-state index in [0.717, 1.165) is 28.1 Å². The number of fused-ring (bicyclic) bond motifs is 1. The molecule has 24 heavy (non-hydrogen) atoms. The highest BCUT2D eigenvalue weighted by atomic mass is 32.1. The summed E-state index contributed by atoms with van der Waals surface area (Å²) in [6, 6.07) is 14.0. The summed E-state index contributed by atoms with van der Waals surface area (Å²) in [6.07, 6.45) is 0. The van der Waals surface area contributed by atoms with Crippen LogP contribution in [0.5, 0.6) is 0 Å². The number of thiazole rings is 1. The molecule has 0 saturated carbocycles. The maximum atomic E-state index is 12.4. The molecule has 1 heterocycles. The fourth-order valence-corrected chi connectivity index (χ4v) is 3.50. The van der Waals surface area contributed by atoms with Gasteiger partial charge in [-0.3, -0.25) is 4.79 Å². The first-order valence-electron chi connectivity index (χ1n) is 8.09. The minimum atomic E-state index is -0.103. The number of rotatable bonds is 5. The summed E-state index contributed by atoms with van der Waals surface area (Å²) in [5, 5.41) is 2.96. The van der Waals surface area contributed by atoms with Crippen LogP contribution in [0.2, 0.25) is 0 Å². The zero-order valence-electron chi connectivity index (χ0n) is 14.1. The minimum Gasteiger partial charge on any atom is -0.369 e. The average Bonchev–Trinajstić information content (AvgIpc) is 3.04. The third-order valence-corrected chi connectivity index (χ3v) is 4.81. The van der Waals surface area contributed by atoms with E-state index >= 15 is 0 Å². The van der Waals surface area contributed by atoms with Crippen molar-refractivity contribution in [1.82, 2.24) is 4.98 Å². The Morgan fingerprint density at radius 1 is 1.21 bits per heavy atom. The predicted octanol–water partition coefficient (Wildman–Crippen LogP) is 4.78. The maximum absolute atomic E-state index is 12.4. The number of nitrogens with one attached hydrogen (secondary N) is 1. The summed E-state index contributed by atoms with van der Waals surface area (Å²) < 4.78 is 1.02. The number of benzene rings is 2. The molecule has 0 fully saturated rings. The van der Waals surface area contributed by atoms with Crippen LogP contribution in [0.25, 0.3) is 10.2 Å². The molecular formula is C19H21N3OS. The minimum absolute atomic E-state index is 0.103. The Balaban J connectivity index is 1.74. The molecule has 1 aromatic heterocycles. The molecule has 2 aromatic carbocycles. The van der Waals surface area contributed by atoms with Gasteiger partial charge in [0.25, 0.3) is 5.91 Å². The molecule has 4 nitrogen and oxygen atoms in total. The molecule has 1 amide bonds. The van der Waals surface area contributed by atoms with Gasteiger partial charge in [-0.15, -0.1) is 11.3 Å². The molecule has 3 aromatic rings. The lowest BCUT2D eigenvalue weighted by Gasteiger charge is -2.27. The lowest BCUT2D eigenvalue weighted by molar-refractivity contribution is 0.102. The highest BCUT2D eigenvalue weighted by molar-refractivity contribution is 7.16. The van der Waals surface area contributed by atoms with Gasteiger partial charge in [-0.25, -0.2) is 4.98 Å². The summed E-state index contributed by atoms with van der Waals surface area (Å²) in [5.41, 5.74) is 5.33. The van der Waals surface area contributed by atoms with Crippen molar-refractivity contribution >= 4 is 38.8 Å². The number of hydrogen-bond acceptors (Lipinski definition) is 4. The monoisotopic (exact) mass is 339 g/mol. The number of carbonyl (C=O) groups is 1. The number of carbonyl (C=O) groups excluding carboxylic acids is 1. The van der Waals surface area contributed by atoms with Crippen molar-refractivity contribution in [2.45, 2.75) is 26.8 Å². The van der Waals surface area contributed by atoms with Crippen LogP contribution in [0, 0.1) is 0 Å². The molecule has 0 aliphatic heterocycles. The normalized spacial score (nSPS) is 11.0. The standard InChI is InChI=1S/C19H21N3OS/c1-4-22(13(2)3)16-8-6-15(7-9-16)21-19(23)14-5-10-17-18(11-14)24-12-20-17/h5-13H,4H2,1-3H3,(H,21,23). The Morgan fingerprint density at radius 3 is 2.62 bits per heavy atom. The number of nitrogens with zero attached hydrogens (tertiary/aromatic N) is 2. The zero-order valence-corrected chi connectivity index (χ0v) is 14.9. The molecule has 0 aliphatic rings. The van der Waals surface area contributed by atoms with Gasteiger partial charge in [-0.2, -0.15) is 0 Å². The first-order chi connectivity index (χ1) is 11.6. The van der Waals surface area contributed by atoms with Crippen LogP contribution in [0.4, 0.5) is 11.4 Å². The van der Waals surface area contributed by atoms with E-state index in [9.17, 15) is 4.79 Å². The Morgan fingerprint density at radius 2 is 1.96 bits per heavy atom. The van der Waals surface area contributed by atoms with Crippen LogP contribution in [-0.4, -0.2) is 23.5 Å².